The summed E-state index contributed by atoms with van der Waals surface area (Å²) >= 11 is 0. The van der Waals surface area contributed by atoms with E-state index in [4.69, 9.17) is 9.47 Å². The Morgan fingerprint density at radius 1 is 0.931 bits per heavy atom. The van der Waals surface area contributed by atoms with Crippen molar-refractivity contribution in [3.8, 4) is 0 Å². The molecular formula is C21H20N4O4. The van der Waals surface area contributed by atoms with E-state index in [-0.39, 0.29) is 5.97 Å². The topological polar surface area (TPSA) is 102 Å². The number of methoxy groups -OCH3 is 1. The van der Waals surface area contributed by atoms with E-state index in [2.05, 4.69) is 20.6 Å². The number of aromatic nitrogens is 2. The van der Waals surface area contributed by atoms with E-state index in [1.54, 1.807) is 61.5 Å². The number of hydrogen-bond acceptors (Lipinski definition) is 8. The molecule has 3 aromatic rings. The number of hydrogen-bond donors (Lipinski definition) is 2. The highest BCUT2D eigenvalue weighted by atomic mass is 16.5. The van der Waals surface area contributed by atoms with Crippen LogP contribution >= 0.6 is 0 Å². The number of anilines is 4. The van der Waals surface area contributed by atoms with Crippen LogP contribution in [0.2, 0.25) is 0 Å². The molecule has 0 bridgehead atoms. The fourth-order valence-corrected chi connectivity index (χ4v) is 2.56. The quantitative estimate of drug-likeness (QED) is 0.583. The number of nitrogens with one attached hydrogen (secondary N) is 2. The highest BCUT2D eigenvalue weighted by Gasteiger charge is 2.12. The summed E-state index contributed by atoms with van der Waals surface area (Å²) < 4.78 is 9.77. The van der Waals surface area contributed by atoms with Crippen LogP contribution in [0.3, 0.4) is 0 Å². The predicted octanol–water partition coefficient (Wildman–Crippen LogP) is 3.93. The Balaban J connectivity index is 1.74. The maximum Gasteiger partial charge on any atom is 0.339 e. The molecule has 0 spiro atoms. The third-order valence-corrected chi connectivity index (χ3v) is 3.93. The summed E-state index contributed by atoms with van der Waals surface area (Å²) in [6.45, 7) is 2.09. The van der Waals surface area contributed by atoms with Gasteiger partial charge in [-0.15, -0.1) is 0 Å². The minimum Gasteiger partial charge on any atom is -0.465 e. The van der Waals surface area contributed by atoms with Crippen LogP contribution in [0.25, 0.3) is 0 Å². The first-order valence-corrected chi connectivity index (χ1v) is 8.91. The molecule has 0 amide bonds. The second kappa shape index (κ2) is 9.32. The Morgan fingerprint density at radius 3 is 2.31 bits per heavy atom. The summed E-state index contributed by atoms with van der Waals surface area (Å²) in [5.74, 6) is 0.239. The average Bonchev–Trinajstić information content (AvgIpc) is 2.74. The predicted molar refractivity (Wildman–Crippen MR) is 109 cm³/mol. The number of esters is 2. The van der Waals surface area contributed by atoms with Crippen molar-refractivity contribution >= 4 is 34.9 Å². The Kier molecular flexibility index (Phi) is 6.36. The van der Waals surface area contributed by atoms with Crippen LogP contribution < -0.4 is 10.6 Å². The highest BCUT2D eigenvalue weighted by Crippen LogP contribution is 2.22. The van der Waals surface area contributed by atoms with Crippen LogP contribution in [0.15, 0.2) is 60.9 Å². The first-order chi connectivity index (χ1) is 14.1. The second-order valence-corrected chi connectivity index (χ2v) is 5.87. The van der Waals surface area contributed by atoms with Crippen molar-refractivity contribution < 1.29 is 19.1 Å². The van der Waals surface area contributed by atoms with Gasteiger partial charge in [-0.3, -0.25) is 0 Å². The summed E-state index contributed by atoms with van der Waals surface area (Å²) in [6, 6.07) is 15.6. The zero-order valence-corrected chi connectivity index (χ0v) is 16.0. The maximum absolute atomic E-state index is 11.9. The van der Waals surface area contributed by atoms with Gasteiger partial charge < -0.3 is 20.1 Å². The Morgan fingerprint density at radius 2 is 1.62 bits per heavy atom. The number of carbonyl (C=O) groups is 2. The van der Waals surface area contributed by atoms with Crippen molar-refractivity contribution in [1.82, 2.24) is 9.97 Å². The van der Waals surface area contributed by atoms with Crippen molar-refractivity contribution in [2.24, 2.45) is 0 Å². The number of nitrogens with zero attached hydrogens (tertiary/aromatic N) is 2. The van der Waals surface area contributed by atoms with Gasteiger partial charge in [0.25, 0.3) is 0 Å². The summed E-state index contributed by atoms with van der Waals surface area (Å²) in [4.78, 5) is 32.0. The number of para-hydroxylation sites is 1. The van der Waals surface area contributed by atoms with E-state index in [9.17, 15) is 9.59 Å². The maximum atomic E-state index is 11.9. The van der Waals surface area contributed by atoms with Gasteiger partial charge in [0.15, 0.2) is 0 Å². The van der Waals surface area contributed by atoms with Crippen LogP contribution in [0, 0.1) is 0 Å². The van der Waals surface area contributed by atoms with Crippen LogP contribution in [-0.4, -0.2) is 35.6 Å². The van der Waals surface area contributed by atoms with Gasteiger partial charge in [-0.1, -0.05) is 12.1 Å². The molecule has 148 valence electrons. The molecule has 8 nitrogen and oxygen atoms in total. The SMILES string of the molecule is CCOC(=O)c1ccc(Nc2cc(Nc3ccccc3C(=O)OC)ncn2)cc1. The Bertz CT molecular complexity index is 1010. The van der Waals surface area contributed by atoms with Crippen LogP contribution in [-0.2, 0) is 9.47 Å². The van der Waals surface area contributed by atoms with E-state index >= 15 is 0 Å². The van der Waals surface area contributed by atoms with Gasteiger partial charge in [0.05, 0.1) is 30.5 Å². The molecule has 0 saturated heterocycles. The molecule has 0 unspecified atom stereocenters. The van der Waals surface area contributed by atoms with Gasteiger partial charge in [-0.05, 0) is 43.3 Å². The van der Waals surface area contributed by atoms with Crippen LogP contribution in [0.5, 0.6) is 0 Å². The third-order valence-electron chi connectivity index (χ3n) is 3.93. The zero-order chi connectivity index (χ0) is 20.6. The van der Waals surface area contributed by atoms with Crippen molar-refractivity contribution in [1.29, 1.82) is 0 Å². The lowest BCUT2D eigenvalue weighted by Gasteiger charge is -2.11. The van der Waals surface area contributed by atoms with Gasteiger partial charge in [0.2, 0.25) is 0 Å². The van der Waals surface area contributed by atoms with Crippen molar-refractivity contribution in [3.63, 3.8) is 0 Å². The molecule has 0 aliphatic rings. The van der Waals surface area contributed by atoms with Gasteiger partial charge >= 0.3 is 11.9 Å². The first-order valence-electron chi connectivity index (χ1n) is 8.91. The molecule has 29 heavy (non-hydrogen) atoms. The lowest BCUT2D eigenvalue weighted by Crippen LogP contribution is -2.06. The molecule has 2 N–H and O–H groups in total. The molecule has 2 aromatic carbocycles. The van der Waals surface area contributed by atoms with Gasteiger partial charge in [0.1, 0.15) is 18.0 Å². The zero-order valence-electron chi connectivity index (χ0n) is 16.0. The molecule has 1 aromatic heterocycles. The number of ether oxygens (including phenoxy) is 2. The van der Waals surface area contributed by atoms with Crippen LogP contribution in [0.1, 0.15) is 27.6 Å². The van der Waals surface area contributed by atoms with Gasteiger partial charge in [-0.25, -0.2) is 19.6 Å². The largest absolute Gasteiger partial charge is 0.465 e. The highest BCUT2D eigenvalue weighted by molar-refractivity contribution is 5.96. The fourth-order valence-electron chi connectivity index (χ4n) is 2.56. The van der Waals surface area contributed by atoms with E-state index in [1.165, 1.54) is 13.4 Å². The van der Waals surface area contributed by atoms with E-state index in [0.29, 0.717) is 35.1 Å². The van der Waals surface area contributed by atoms with Gasteiger partial charge in [0, 0.05) is 11.8 Å². The standard InChI is InChI=1S/C21H20N4O4/c1-3-29-20(26)14-8-10-15(11-9-14)24-18-12-19(23-13-22-18)25-17-7-5-4-6-16(17)21(27)28-2/h4-13H,3H2,1-2H3,(H2,22,23,24,25). The fraction of sp³-hybridized carbons (Fsp3) is 0.143. The molecule has 8 heteroatoms. The van der Waals surface area contributed by atoms with E-state index in [1.807, 2.05) is 0 Å². The van der Waals surface area contributed by atoms with Crippen molar-refractivity contribution in [2.45, 2.75) is 6.92 Å². The minimum atomic E-state index is -0.442. The van der Waals surface area contributed by atoms with Gasteiger partial charge in [-0.2, -0.15) is 0 Å². The second-order valence-electron chi connectivity index (χ2n) is 5.87. The number of rotatable bonds is 7. The smallest absolute Gasteiger partial charge is 0.339 e. The summed E-state index contributed by atoms with van der Waals surface area (Å²) in [6.07, 6.45) is 1.40. The number of benzene rings is 2. The number of carbonyl (C=O) groups excluding carboxylic acids is 2. The van der Waals surface area contributed by atoms with Crippen LogP contribution in [0.4, 0.5) is 23.0 Å². The molecule has 0 saturated carbocycles. The normalized spacial score (nSPS) is 10.1. The lowest BCUT2D eigenvalue weighted by atomic mass is 10.2. The minimum absolute atomic E-state index is 0.328. The molecule has 0 aliphatic carbocycles. The third kappa shape index (κ3) is 5.07. The Hall–Kier alpha value is -3.94. The van der Waals surface area contributed by atoms with Crippen molar-refractivity contribution in [2.75, 3.05) is 24.4 Å². The van der Waals surface area contributed by atoms with E-state index < -0.39 is 5.97 Å². The Labute approximate surface area is 167 Å². The molecule has 3 rings (SSSR count). The molecule has 0 aliphatic heterocycles. The summed E-state index contributed by atoms with van der Waals surface area (Å²) in [5, 5.41) is 6.24. The lowest BCUT2D eigenvalue weighted by molar-refractivity contribution is 0.0525. The van der Waals surface area contributed by atoms with E-state index in [0.717, 1.165) is 5.69 Å². The molecule has 0 fully saturated rings. The molecule has 0 atom stereocenters. The molecule has 1 heterocycles. The average molecular weight is 392 g/mol. The van der Waals surface area contributed by atoms with Crippen molar-refractivity contribution in [3.05, 3.63) is 72.1 Å². The molecular weight excluding hydrogens is 372 g/mol. The summed E-state index contributed by atoms with van der Waals surface area (Å²) in [5.41, 5.74) is 2.19. The first kappa shape index (κ1) is 19.8. The summed E-state index contributed by atoms with van der Waals surface area (Å²) in [7, 11) is 1.33. The molecule has 0 radical (unpaired) electrons. The monoisotopic (exact) mass is 392 g/mol.